The molecule has 10 nitrogen and oxygen atoms in total. The zero-order valence-electron chi connectivity index (χ0n) is 25.0. The molecule has 0 aliphatic rings. The Hall–Kier alpha value is -4.32. The van der Waals surface area contributed by atoms with E-state index in [1.54, 1.807) is 31.2 Å². The average Bonchev–Trinajstić information content (AvgIpc) is 3.02. The normalized spacial score (nSPS) is 11.8. The first-order chi connectivity index (χ1) is 20.5. The lowest BCUT2D eigenvalue weighted by molar-refractivity contribution is -0.139. The number of benzene rings is 3. The van der Waals surface area contributed by atoms with Gasteiger partial charge in [0.05, 0.1) is 31.9 Å². The zero-order valence-corrected chi connectivity index (χ0v) is 25.8. The van der Waals surface area contributed by atoms with Gasteiger partial charge in [0.15, 0.2) is 11.5 Å². The van der Waals surface area contributed by atoms with Crippen LogP contribution in [0.3, 0.4) is 0 Å². The van der Waals surface area contributed by atoms with Crippen molar-refractivity contribution in [3.05, 3.63) is 78.1 Å². The lowest BCUT2D eigenvalue weighted by Crippen LogP contribution is -2.51. The van der Waals surface area contributed by atoms with E-state index in [0.29, 0.717) is 23.6 Å². The molecule has 2 amide bonds. The fourth-order valence-electron chi connectivity index (χ4n) is 4.33. The number of amides is 2. The topological polar surface area (TPSA) is 114 Å². The van der Waals surface area contributed by atoms with E-state index in [0.717, 1.165) is 29.3 Å². The van der Waals surface area contributed by atoms with E-state index in [-0.39, 0.29) is 28.8 Å². The van der Waals surface area contributed by atoms with Gasteiger partial charge in [-0.15, -0.1) is 0 Å². The third kappa shape index (κ3) is 8.38. The maximum Gasteiger partial charge on any atom is 0.264 e. The van der Waals surface area contributed by atoms with Gasteiger partial charge in [-0.3, -0.25) is 13.9 Å². The second-order valence-electron chi connectivity index (χ2n) is 9.70. The molecule has 1 atom stereocenters. The van der Waals surface area contributed by atoms with Crippen LogP contribution in [0.4, 0.5) is 10.1 Å². The predicted molar refractivity (Wildman–Crippen MR) is 161 cm³/mol. The maximum atomic E-state index is 14.0. The molecule has 0 aliphatic carbocycles. The first-order valence-corrected chi connectivity index (χ1v) is 15.2. The molecule has 1 N–H and O–H groups in total. The number of hydrogen-bond acceptors (Lipinski definition) is 7. The maximum absolute atomic E-state index is 14.0. The first-order valence-electron chi connectivity index (χ1n) is 13.8. The molecule has 232 valence electrons. The summed E-state index contributed by atoms with van der Waals surface area (Å²) in [6.07, 6.45) is 1.64. The first kappa shape index (κ1) is 33.2. The number of nitrogens with zero attached hydrogens (tertiary/aromatic N) is 2. The van der Waals surface area contributed by atoms with Crippen molar-refractivity contribution in [1.29, 1.82) is 0 Å². The highest BCUT2D eigenvalue weighted by Gasteiger charge is 2.33. The Morgan fingerprint density at radius 2 is 1.63 bits per heavy atom. The molecular weight excluding hydrogens is 577 g/mol. The molecule has 12 heteroatoms. The number of methoxy groups -OCH3 is 3. The largest absolute Gasteiger partial charge is 0.497 e. The number of carbonyl (C=O) groups is 2. The summed E-state index contributed by atoms with van der Waals surface area (Å²) in [5, 5.41) is 2.84. The van der Waals surface area contributed by atoms with Crippen LogP contribution in [0.15, 0.2) is 71.6 Å². The van der Waals surface area contributed by atoms with Crippen LogP contribution in [0.5, 0.6) is 17.2 Å². The van der Waals surface area contributed by atoms with Crippen molar-refractivity contribution in [1.82, 2.24) is 10.2 Å². The SMILES string of the molecule is CCCCNC(=O)[C@H](C)N(Cc1cccc(OC)c1)C(=O)CN(c1ccc(F)cc1)S(=O)(=O)c1ccc(OC)c(OC)c1. The van der Waals surface area contributed by atoms with Crippen molar-refractivity contribution >= 4 is 27.5 Å². The fourth-order valence-corrected chi connectivity index (χ4v) is 5.76. The number of rotatable bonds is 15. The molecule has 43 heavy (non-hydrogen) atoms. The second kappa shape index (κ2) is 15.2. The van der Waals surface area contributed by atoms with Crippen LogP contribution in [-0.4, -0.2) is 65.6 Å². The molecule has 0 bridgehead atoms. The molecule has 0 spiro atoms. The quantitative estimate of drug-likeness (QED) is 0.253. The molecule has 0 aromatic heterocycles. The summed E-state index contributed by atoms with van der Waals surface area (Å²) >= 11 is 0. The summed E-state index contributed by atoms with van der Waals surface area (Å²) in [5.41, 5.74) is 0.739. The standard InChI is InChI=1S/C31H38FN3O7S/c1-6-7-17-33-31(37)22(2)34(20-23-9-8-10-26(18-23)40-3)30(36)21-35(25-13-11-24(32)12-14-25)43(38,39)27-15-16-28(41-4)29(19-27)42-5/h8-16,18-19,22H,6-7,17,20-21H2,1-5H3,(H,33,37)/t22-/m0/s1. The number of anilines is 1. The zero-order chi connectivity index (χ0) is 31.6. The van der Waals surface area contributed by atoms with E-state index in [4.69, 9.17) is 14.2 Å². The average molecular weight is 616 g/mol. The molecule has 0 saturated carbocycles. The molecule has 3 aromatic rings. The molecule has 3 rings (SSSR count). The van der Waals surface area contributed by atoms with E-state index >= 15 is 0 Å². The Bertz CT molecular complexity index is 1500. The van der Waals surface area contributed by atoms with Gasteiger partial charge in [-0.25, -0.2) is 12.8 Å². The molecule has 0 saturated heterocycles. The van der Waals surface area contributed by atoms with Gasteiger partial charge < -0.3 is 24.4 Å². The summed E-state index contributed by atoms with van der Waals surface area (Å²) in [6, 6.07) is 14.9. The van der Waals surface area contributed by atoms with Crippen LogP contribution in [0.2, 0.25) is 0 Å². The van der Waals surface area contributed by atoms with Gasteiger partial charge in [-0.05, 0) is 67.4 Å². The number of hydrogen-bond donors (Lipinski definition) is 1. The van der Waals surface area contributed by atoms with Crippen LogP contribution in [-0.2, 0) is 26.2 Å². The van der Waals surface area contributed by atoms with E-state index in [9.17, 15) is 22.4 Å². The van der Waals surface area contributed by atoms with Crippen LogP contribution < -0.4 is 23.8 Å². The lowest BCUT2D eigenvalue weighted by atomic mass is 10.1. The summed E-state index contributed by atoms with van der Waals surface area (Å²) < 4.78 is 58.6. The summed E-state index contributed by atoms with van der Waals surface area (Å²) in [4.78, 5) is 28.3. The van der Waals surface area contributed by atoms with Crippen molar-refractivity contribution in [3.8, 4) is 17.2 Å². The fraction of sp³-hybridized carbons (Fsp3) is 0.355. The Morgan fingerprint density at radius 1 is 0.930 bits per heavy atom. The highest BCUT2D eigenvalue weighted by molar-refractivity contribution is 7.92. The van der Waals surface area contributed by atoms with Gasteiger partial charge in [0, 0.05) is 19.2 Å². The number of nitrogens with one attached hydrogen (secondary N) is 1. The second-order valence-corrected chi connectivity index (χ2v) is 11.6. The van der Waals surface area contributed by atoms with Crippen molar-refractivity contribution in [2.75, 3.05) is 38.7 Å². The van der Waals surface area contributed by atoms with Gasteiger partial charge >= 0.3 is 0 Å². The molecule has 0 aliphatic heterocycles. The van der Waals surface area contributed by atoms with Gasteiger partial charge in [0.2, 0.25) is 11.8 Å². The van der Waals surface area contributed by atoms with Crippen LogP contribution in [0, 0.1) is 5.82 Å². The Kier molecular flexibility index (Phi) is 11.8. The van der Waals surface area contributed by atoms with E-state index in [2.05, 4.69) is 5.32 Å². The van der Waals surface area contributed by atoms with Gasteiger partial charge in [-0.1, -0.05) is 25.5 Å². The summed E-state index contributed by atoms with van der Waals surface area (Å²) in [7, 11) is -0.0771. The van der Waals surface area contributed by atoms with Crippen molar-refractivity contribution < 1.29 is 36.6 Å². The van der Waals surface area contributed by atoms with E-state index in [1.807, 2.05) is 6.92 Å². The van der Waals surface area contributed by atoms with Crippen molar-refractivity contribution in [2.45, 2.75) is 44.2 Å². The van der Waals surface area contributed by atoms with E-state index in [1.165, 1.54) is 56.6 Å². The smallest absolute Gasteiger partial charge is 0.264 e. The minimum absolute atomic E-state index is 0.00601. The highest BCUT2D eigenvalue weighted by atomic mass is 32.2. The third-order valence-corrected chi connectivity index (χ3v) is 8.59. The number of halogens is 1. The lowest BCUT2D eigenvalue weighted by Gasteiger charge is -2.32. The van der Waals surface area contributed by atoms with E-state index < -0.39 is 34.3 Å². The van der Waals surface area contributed by atoms with Crippen molar-refractivity contribution in [2.24, 2.45) is 0 Å². The van der Waals surface area contributed by atoms with Crippen LogP contribution in [0.25, 0.3) is 0 Å². The predicted octanol–water partition coefficient (Wildman–Crippen LogP) is 4.38. The third-order valence-electron chi connectivity index (χ3n) is 6.82. The van der Waals surface area contributed by atoms with Gasteiger partial charge in [0.1, 0.15) is 24.2 Å². The summed E-state index contributed by atoms with van der Waals surface area (Å²) in [6.45, 7) is 3.36. The van der Waals surface area contributed by atoms with Crippen molar-refractivity contribution in [3.63, 3.8) is 0 Å². The molecule has 0 unspecified atom stereocenters. The van der Waals surface area contributed by atoms with Crippen LogP contribution >= 0.6 is 0 Å². The minimum atomic E-state index is -4.39. The van der Waals surface area contributed by atoms with Gasteiger partial charge in [-0.2, -0.15) is 0 Å². The Labute approximate surface area is 252 Å². The number of ether oxygens (including phenoxy) is 3. The molecule has 0 radical (unpaired) electrons. The highest BCUT2D eigenvalue weighted by Crippen LogP contribution is 2.32. The molecule has 3 aromatic carbocycles. The Morgan fingerprint density at radius 3 is 2.26 bits per heavy atom. The summed E-state index contributed by atoms with van der Waals surface area (Å²) in [5.74, 6) is -0.538. The molecule has 0 fully saturated rings. The molecular formula is C31H38FN3O7S. The van der Waals surface area contributed by atoms with Crippen LogP contribution in [0.1, 0.15) is 32.3 Å². The molecule has 0 heterocycles. The number of carbonyl (C=O) groups excluding carboxylic acids is 2. The van der Waals surface area contributed by atoms with Gasteiger partial charge in [0.25, 0.3) is 10.0 Å². The minimum Gasteiger partial charge on any atom is -0.497 e. The number of sulfonamides is 1. The monoisotopic (exact) mass is 615 g/mol. The number of unbranched alkanes of at least 4 members (excludes halogenated alkanes) is 1. The Balaban J connectivity index is 2.05.